The summed E-state index contributed by atoms with van der Waals surface area (Å²) in [6.07, 6.45) is 1.97. The highest BCUT2D eigenvalue weighted by atomic mass is 35.5. The van der Waals surface area contributed by atoms with Crippen LogP contribution in [0.3, 0.4) is 0 Å². The van der Waals surface area contributed by atoms with E-state index in [2.05, 4.69) is 0 Å². The van der Waals surface area contributed by atoms with Gasteiger partial charge in [0.2, 0.25) is 0 Å². The lowest BCUT2D eigenvalue weighted by Crippen LogP contribution is -1.94. The summed E-state index contributed by atoms with van der Waals surface area (Å²) in [5, 5.41) is 0.418. The zero-order chi connectivity index (χ0) is 13.8. The lowest BCUT2D eigenvalue weighted by molar-refractivity contribution is 0.628. The van der Waals surface area contributed by atoms with E-state index < -0.39 is 0 Å². The van der Waals surface area contributed by atoms with E-state index in [0.29, 0.717) is 11.6 Å². The van der Waals surface area contributed by atoms with Crippen LogP contribution < -0.4 is 5.73 Å². The Morgan fingerprint density at radius 2 is 1.89 bits per heavy atom. The molecule has 19 heavy (non-hydrogen) atoms. The highest BCUT2D eigenvalue weighted by molar-refractivity contribution is 6.33. The molecule has 0 radical (unpaired) electrons. The van der Waals surface area contributed by atoms with E-state index in [1.54, 1.807) is 6.07 Å². The molecule has 0 unspecified atom stereocenters. The Labute approximate surface area is 117 Å². The van der Waals surface area contributed by atoms with Crippen molar-refractivity contribution in [1.82, 2.24) is 0 Å². The minimum absolute atomic E-state index is 0.327. The number of benzene rings is 2. The van der Waals surface area contributed by atoms with Gasteiger partial charge in [-0.2, -0.15) is 0 Å². The van der Waals surface area contributed by atoms with Crippen molar-refractivity contribution in [3.05, 3.63) is 64.9 Å². The van der Waals surface area contributed by atoms with Crippen LogP contribution in [0.4, 0.5) is 4.39 Å². The molecule has 2 rings (SSSR count). The van der Waals surface area contributed by atoms with Crippen LogP contribution in [0.15, 0.2) is 48.5 Å². The third kappa shape index (κ3) is 3.22. The van der Waals surface area contributed by atoms with Gasteiger partial charge in [-0.05, 0) is 41.8 Å². The Morgan fingerprint density at radius 1 is 1.21 bits per heavy atom. The van der Waals surface area contributed by atoms with Crippen molar-refractivity contribution in [2.24, 2.45) is 5.73 Å². The molecule has 3 heteroatoms. The van der Waals surface area contributed by atoms with Crippen molar-refractivity contribution < 1.29 is 4.39 Å². The first-order valence-electron chi connectivity index (χ1n) is 6.04. The van der Waals surface area contributed by atoms with E-state index in [1.165, 1.54) is 12.1 Å². The molecule has 0 aliphatic carbocycles. The maximum absolute atomic E-state index is 13.0. The van der Waals surface area contributed by atoms with E-state index in [9.17, 15) is 4.39 Å². The predicted molar refractivity (Wildman–Crippen MR) is 79.6 cm³/mol. The smallest absolute Gasteiger partial charge is 0.124 e. The molecular formula is C16H15ClFN. The average Bonchev–Trinajstić information content (AvgIpc) is 2.39. The number of allylic oxidation sites excluding steroid dienone is 1. The van der Waals surface area contributed by atoms with Crippen molar-refractivity contribution in [3.63, 3.8) is 0 Å². The quantitative estimate of drug-likeness (QED) is 0.876. The van der Waals surface area contributed by atoms with Crippen LogP contribution >= 0.6 is 11.6 Å². The third-order valence-electron chi connectivity index (χ3n) is 3.01. The van der Waals surface area contributed by atoms with Gasteiger partial charge in [-0.3, -0.25) is 0 Å². The number of halogens is 2. The van der Waals surface area contributed by atoms with Gasteiger partial charge in [0, 0.05) is 12.1 Å². The van der Waals surface area contributed by atoms with Gasteiger partial charge in [0.05, 0.1) is 5.02 Å². The Hall–Kier alpha value is -1.64. The lowest BCUT2D eigenvalue weighted by atomic mass is 10.0. The fraction of sp³-hybridized carbons (Fsp3) is 0.125. The second kappa shape index (κ2) is 6.00. The Morgan fingerprint density at radius 3 is 2.47 bits per heavy atom. The molecule has 0 spiro atoms. The number of rotatable bonds is 3. The average molecular weight is 276 g/mol. The van der Waals surface area contributed by atoms with Gasteiger partial charge in [-0.15, -0.1) is 0 Å². The molecule has 0 saturated heterocycles. The van der Waals surface area contributed by atoms with Crippen LogP contribution in [0.25, 0.3) is 16.7 Å². The first kappa shape index (κ1) is 13.8. The SMILES string of the molecule is CC(=CCN)c1ccc(-c2ccc(F)cc2Cl)cc1. The van der Waals surface area contributed by atoms with E-state index in [0.717, 1.165) is 22.3 Å². The van der Waals surface area contributed by atoms with E-state index in [-0.39, 0.29) is 5.82 Å². The van der Waals surface area contributed by atoms with Gasteiger partial charge >= 0.3 is 0 Å². The second-order valence-corrected chi connectivity index (χ2v) is 4.73. The molecule has 0 atom stereocenters. The second-order valence-electron chi connectivity index (χ2n) is 4.32. The number of hydrogen-bond acceptors (Lipinski definition) is 1. The summed E-state index contributed by atoms with van der Waals surface area (Å²) in [5.74, 6) is -0.327. The minimum Gasteiger partial charge on any atom is -0.327 e. The summed E-state index contributed by atoms with van der Waals surface area (Å²) in [6, 6.07) is 12.4. The van der Waals surface area contributed by atoms with Crippen LogP contribution in [0, 0.1) is 5.82 Å². The van der Waals surface area contributed by atoms with Crippen molar-refractivity contribution in [3.8, 4) is 11.1 Å². The molecular weight excluding hydrogens is 261 g/mol. The molecule has 2 N–H and O–H groups in total. The summed E-state index contributed by atoms with van der Waals surface area (Å²) >= 11 is 6.05. The summed E-state index contributed by atoms with van der Waals surface area (Å²) < 4.78 is 13.0. The first-order valence-corrected chi connectivity index (χ1v) is 6.42. The molecule has 2 aromatic rings. The molecule has 0 bridgehead atoms. The minimum atomic E-state index is -0.327. The standard InChI is InChI=1S/C16H15ClFN/c1-11(8-9-19)12-2-4-13(5-3-12)15-7-6-14(18)10-16(15)17/h2-8,10H,9,19H2,1H3. The van der Waals surface area contributed by atoms with Crippen molar-refractivity contribution >= 4 is 17.2 Å². The highest BCUT2D eigenvalue weighted by Crippen LogP contribution is 2.29. The molecule has 1 nitrogen and oxygen atoms in total. The molecule has 0 aliphatic rings. The molecule has 0 amide bonds. The van der Waals surface area contributed by atoms with Crippen LogP contribution in [0.1, 0.15) is 12.5 Å². The Bertz CT molecular complexity index is 603. The van der Waals surface area contributed by atoms with E-state index >= 15 is 0 Å². The monoisotopic (exact) mass is 275 g/mol. The predicted octanol–water partition coefficient (Wildman–Crippen LogP) is 4.51. The van der Waals surface area contributed by atoms with Gasteiger partial charge < -0.3 is 5.73 Å². The molecule has 0 fully saturated rings. The molecule has 2 aromatic carbocycles. The van der Waals surface area contributed by atoms with Crippen LogP contribution in [-0.4, -0.2) is 6.54 Å². The van der Waals surface area contributed by atoms with Gasteiger partial charge in [0.25, 0.3) is 0 Å². The molecule has 0 aliphatic heterocycles. The summed E-state index contributed by atoms with van der Waals surface area (Å²) in [6.45, 7) is 2.55. The summed E-state index contributed by atoms with van der Waals surface area (Å²) in [4.78, 5) is 0. The van der Waals surface area contributed by atoms with Crippen molar-refractivity contribution in [2.75, 3.05) is 6.54 Å². The highest BCUT2D eigenvalue weighted by Gasteiger charge is 2.05. The summed E-state index contributed by atoms with van der Waals surface area (Å²) in [7, 11) is 0. The van der Waals surface area contributed by atoms with Gasteiger partial charge in [-0.25, -0.2) is 4.39 Å². The fourth-order valence-corrected chi connectivity index (χ4v) is 2.21. The Balaban J connectivity index is 2.35. The maximum Gasteiger partial charge on any atom is 0.124 e. The zero-order valence-electron chi connectivity index (χ0n) is 10.7. The van der Waals surface area contributed by atoms with Crippen LogP contribution in [0.2, 0.25) is 5.02 Å². The normalized spacial score (nSPS) is 11.7. The molecule has 98 valence electrons. The van der Waals surface area contributed by atoms with E-state index in [4.69, 9.17) is 17.3 Å². The van der Waals surface area contributed by atoms with Crippen molar-refractivity contribution in [1.29, 1.82) is 0 Å². The third-order valence-corrected chi connectivity index (χ3v) is 3.32. The fourth-order valence-electron chi connectivity index (χ4n) is 1.93. The molecule has 0 heterocycles. The molecule has 0 aromatic heterocycles. The molecule has 0 saturated carbocycles. The number of hydrogen-bond donors (Lipinski definition) is 1. The lowest BCUT2D eigenvalue weighted by Gasteiger charge is -2.07. The first-order chi connectivity index (χ1) is 9.11. The van der Waals surface area contributed by atoms with Crippen molar-refractivity contribution in [2.45, 2.75) is 6.92 Å². The van der Waals surface area contributed by atoms with E-state index in [1.807, 2.05) is 37.3 Å². The maximum atomic E-state index is 13.0. The number of nitrogens with two attached hydrogens (primary N) is 1. The van der Waals surface area contributed by atoms with Gasteiger partial charge in [0.15, 0.2) is 0 Å². The van der Waals surface area contributed by atoms with Gasteiger partial charge in [0.1, 0.15) is 5.82 Å². The Kier molecular flexibility index (Phi) is 4.35. The summed E-state index contributed by atoms with van der Waals surface area (Å²) in [5.41, 5.74) is 9.54. The van der Waals surface area contributed by atoms with Gasteiger partial charge in [-0.1, -0.05) is 41.9 Å². The zero-order valence-corrected chi connectivity index (χ0v) is 11.4. The topological polar surface area (TPSA) is 26.0 Å². The largest absolute Gasteiger partial charge is 0.327 e. The van der Waals surface area contributed by atoms with Crippen LogP contribution in [-0.2, 0) is 0 Å². The van der Waals surface area contributed by atoms with Crippen LogP contribution in [0.5, 0.6) is 0 Å².